The van der Waals surface area contributed by atoms with Gasteiger partial charge >= 0.3 is 6.18 Å². The normalized spacial score (nSPS) is 13.1. The fraction of sp³-hybridized carbons (Fsp3) is 0.938. The molecule has 0 aromatic heterocycles. The van der Waals surface area contributed by atoms with Crippen LogP contribution in [0.2, 0.25) is 0 Å². The Kier molecular flexibility index (Phi) is 13.1. The van der Waals surface area contributed by atoms with Crippen LogP contribution in [0.1, 0.15) is 77.6 Å². The predicted molar refractivity (Wildman–Crippen MR) is 84.1 cm³/mol. The zero-order valence-corrected chi connectivity index (χ0v) is 13.9. The van der Waals surface area contributed by atoms with E-state index < -0.39 is 12.6 Å². The van der Waals surface area contributed by atoms with Crippen molar-refractivity contribution in [2.45, 2.75) is 83.7 Å². The van der Waals surface area contributed by atoms with Gasteiger partial charge in [-0.05, 0) is 30.5 Å². The Labute approximate surface area is 131 Å². The molecule has 0 aliphatic heterocycles. The first-order valence-corrected chi connectivity index (χ1v) is 9.05. The summed E-state index contributed by atoms with van der Waals surface area (Å²) < 4.78 is 36.6. The zero-order chi connectivity index (χ0) is 16.0. The molecule has 1 atom stereocenters. The number of unbranched alkanes of at least 4 members (excludes halogenated alkanes) is 4. The second-order valence-electron chi connectivity index (χ2n) is 5.66. The third-order valence-corrected chi connectivity index (χ3v) is 4.33. The molecule has 0 fully saturated rings. The smallest absolute Gasteiger partial charge is 0.185 e. The van der Waals surface area contributed by atoms with Gasteiger partial charge in [0.05, 0.1) is 0 Å². The molecule has 0 aliphatic carbocycles. The molecule has 0 radical (unpaired) electrons. The predicted octanol–water partition coefficient (Wildman–Crippen LogP) is 6.69. The summed E-state index contributed by atoms with van der Waals surface area (Å²) in [5.41, 5.74) is 0. The van der Waals surface area contributed by atoms with Crippen LogP contribution in [0, 0.1) is 16.6 Å². The third kappa shape index (κ3) is 15.8. The molecule has 0 bridgehead atoms. The van der Waals surface area contributed by atoms with E-state index in [9.17, 15) is 13.2 Å². The molecule has 0 saturated heterocycles. The van der Waals surface area contributed by atoms with Crippen LogP contribution in [0.15, 0.2) is 0 Å². The third-order valence-electron chi connectivity index (χ3n) is 3.71. The number of thiocyanates is 1. The first-order valence-electron chi connectivity index (χ1n) is 8.07. The summed E-state index contributed by atoms with van der Waals surface area (Å²) in [5, 5.41) is 10.5. The van der Waals surface area contributed by atoms with Crippen LogP contribution in [0.25, 0.3) is 0 Å². The molecular formula is C16H28F3NS. The van der Waals surface area contributed by atoms with Gasteiger partial charge in [-0.2, -0.15) is 18.4 Å². The van der Waals surface area contributed by atoms with E-state index in [-0.39, 0.29) is 6.42 Å². The van der Waals surface area contributed by atoms with Crippen LogP contribution in [-0.2, 0) is 0 Å². The molecule has 124 valence electrons. The Bertz CT molecular complexity index is 274. The molecule has 0 N–H and O–H groups in total. The van der Waals surface area contributed by atoms with E-state index in [2.05, 4.69) is 6.92 Å². The SMILES string of the molecule is CCCCCCC(CCCCSC#N)CCCC(F)(F)F. The number of rotatable bonds is 13. The molecule has 0 aromatic carbocycles. The second-order valence-corrected chi connectivity index (χ2v) is 6.54. The van der Waals surface area contributed by atoms with Gasteiger partial charge in [-0.15, -0.1) is 0 Å². The Balaban J connectivity index is 3.88. The van der Waals surface area contributed by atoms with E-state index in [1.54, 1.807) is 0 Å². The summed E-state index contributed by atoms with van der Waals surface area (Å²) in [7, 11) is 0. The van der Waals surface area contributed by atoms with Gasteiger partial charge in [0.15, 0.2) is 0 Å². The van der Waals surface area contributed by atoms with Crippen LogP contribution in [0.5, 0.6) is 0 Å². The summed E-state index contributed by atoms with van der Waals surface area (Å²) in [6.07, 6.45) is 5.10. The molecule has 1 nitrogen and oxygen atoms in total. The summed E-state index contributed by atoms with van der Waals surface area (Å²) in [5.74, 6) is 1.26. The Morgan fingerprint density at radius 1 is 0.952 bits per heavy atom. The summed E-state index contributed by atoms with van der Waals surface area (Å²) >= 11 is 1.26. The van der Waals surface area contributed by atoms with Crippen molar-refractivity contribution in [3.63, 3.8) is 0 Å². The summed E-state index contributed by atoms with van der Waals surface area (Å²) in [6, 6.07) is 0. The number of thioether (sulfide) groups is 1. The van der Waals surface area contributed by atoms with Gasteiger partial charge < -0.3 is 0 Å². The molecule has 0 amide bonds. The highest BCUT2D eigenvalue weighted by Crippen LogP contribution is 2.28. The van der Waals surface area contributed by atoms with Gasteiger partial charge in [-0.25, -0.2) is 0 Å². The Hall–Kier alpha value is -0.370. The number of nitriles is 1. The minimum Gasteiger partial charge on any atom is -0.185 e. The van der Waals surface area contributed by atoms with Gasteiger partial charge in [-0.3, -0.25) is 0 Å². The monoisotopic (exact) mass is 323 g/mol. The molecule has 0 aliphatic rings. The fourth-order valence-electron chi connectivity index (χ4n) is 2.54. The molecule has 0 saturated carbocycles. The van der Waals surface area contributed by atoms with Crippen molar-refractivity contribution < 1.29 is 13.2 Å². The standard InChI is InChI=1S/C16H28F3NS/c1-2-3-4-5-9-15(10-6-7-13-21-14-20)11-8-12-16(17,18)19/h15H,2-13H2,1H3. The first kappa shape index (κ1) is 20.6. The molecule has 0 heterocycles. The summed E-state index contributed by atoms with van der Waals surface area (Å²) in [6.45, 7) is 2.16. The maximum atomic E-state index is 12.2. The van der Waals surface area contributed by atoms with E-state index in [0.717, 1.165) is 37.9 Å². The molecule has 0 spiro atoms. The van der Waals surface area contributed by atoms with E-state index in [4.69, 9.17) is 5.26 Å². The van der Waals surface area contributed by atoms with E-state index in [0.29, 0.717) is 12.3 Å². The average Bonchev–Trinajstić information content (AvgIpc) is 2.41. The van der Waals surface area contributed by atoms with Gasteiger partial charge in [-0.1, -0.05) is 58.3 Å². The molecule has 5 heteroatoms. The van der Waals surface area contributed by atoms with Crippen molar-refractivity contribution in [2.24, 2.45) is 5.92 Å². The highest BCUT2D eigenvalue weighted by molar-refractivity contribution is 8.03. The van der Waals surface area contributed by atoms with Gasteiger partial charge in [0.25, 0.3) is 0 Å². The topological polar surface area (TPSA) is 23.8 Å². The van der Waals surface area contributed by atoms with Crippen LogP contribution < -0.4 is 0 Å². The maximum Gasteiger partial charge on any atom is 0.389 e. The average molecular weight is 323 g/mol. The largest absolute Gasteiger partial charge is 0.389 e. The molecule has 21 heavy (non-hydrogen) atoms. The summed E-state index contributed by atoms with van der Waals surface area (Å²) in [4.78, 5) is 0. The lowest BCUT2D eigenvalue weighted by molar-refractivity contribution is -0.136. The number of hydrogen-bond acceptors (Lipinski definition) is 2. The molecule has 0 aromatic rings. The lowest BCUT2D eigenvalue weighted by Crippen LogP contribution is -2.09. The van der Waals surface area contributed by atoms with E-state index in [1.807, 2.05) is 5.40 Å². The van der Waals surface area contributed by atoms with Crippen molar-refractivity contribution in [1.82, 2.24) is 0 Å². The highest BCUT2D eigenvalue weighted by Gasteiger charge is 2.26. The van der Waals surface area contributed by atoms with Crippen molar-refractivity contribution in [1.29, 1.82) is 5.26 Å². The lowest BCUT2D eigenvalue weighted by Gasteiger charge is -2.17. The van der Waals surface area contributed by atoms with Gasteiger partial charge in [0, 0.05) is 12.2 Å². The van der Waals surface area contributed by atoms with Crippen molar-refractivity contribution in [3.8, 4) is 5.40 Å². The quantitative estimate of drug-likeness (QED) is 0.278. The van der Waals surface area contributed by atoms with Crippen molar-refractivity contribution in [2.75, 3.05) is 5.75 Å². The van der Waals surface area contributed by atoms with Gasteiger partial charge in [0.1, 0.15) is 5.40 Å². The number of halogens is 3. The fourth-order valence-corrected chi connectivity index (χ4v) is 2.98. The minimum atomic E-state index is -4.02. The maximum absolute atomic E-state index is 12.2. The first-order chi connectivity index (χ1) is 9.99. The Morgan fingerprint density at radius 3 is 2.14 bits per heavy atom. The van der Waals surface area contributed by atoms with Crippen molar-refractivity contribution >= 4 is 11.8 Å². The lowest BCUT2D eigenvalue weighted by atomic mass is 9.90. The Morgan fingerprint density at radius 2 is 1.57 bits per heavy atom. The van der Waals surface area contributed by atoms with Crippen molar-refractivity contribution in [3.05, 3.63) is 0 Å². The van der Waals surface area contributed by atoms with Crippen LogP contribution >= 0.6 is 11.8 Å². The highest BCUT2D eigenvalue weighted by atomic mass is 32.2. The van der Waals surface area contributed by atoms with Crippen LogP contribution in [0.3, 0.4) is 0 Å². The van der Waals surface area contributed by atoms with E-state index in [1.165, 1.54) is 31.0 Å². The second kappa shape index (κ2) is 13.3. The number of hydrogen-bond donors (Lipinski definition) is 0. The number of nitrogens with zero attached hydrogens (tertiary/aromatic N) is 1. The van der Waals surface area contributed by atoms with Crippen LogP contribution in [-0.4, -0.2) is 11.9 Å². The minimum absolute atomic E-state index is 0.259. The molecule has 1 unspecified atom stereocenters. The molecule has 0 rings (SSSR count). The molecular weight excluding hydrogens is 295 g/mol. The van der Waals surface area contributed by atoms with E-state index >= 15 is 0 Å². The zero-order valence-electron chi connectivity index (χ0n) is 13.1. The van der Waals surface area contributed by atoms with Crippen LogP contribution in [0.4, 0.5) is 13.2 Å². The van der Waals surface area contributed by atoms with Gasteiger partial charge in [0.2, 0.25) is 0 Å². The number of alkyl halides is 3.